The molecule has 1 saturated heterocycles. The summed E-state index contributed by atoms with van der Waals surface area (Å²) in [5, 5.41) is 18.8. The summed E-state index contributed by atoms with van der Waals surface area (Å²) >= 11 is 1.72. The highest BCUT2D eigenvalue weighted by molar-refractivity contribution is 8.25. The molecule has 3 unspecified atom stereocenters. The van der Waals surface area contributed by atoms with E-state index in [1.54, 1.807) is 0 Å². The number of ether oxygens (including phenoxy) is 2. The first-order valence-corrected chi connectivity index (χ1v) is 6.81. The fourth-order valence-electron chi connectivity index (χ4n) is 1.11. The minimum atomic E-state index is -1.06. The number of methoxy groups -OCH3 is 1. The first-order valence-electron chi connectivity index (χ1n) is 5.05. The Bertz CT molecular complexity index is 369. The second kappa shape index (κ2) is 6.58. The van der Waals surface area contributed by atoms with Crippen molar-refractivity contribution in [3.8, 4) is 0 Å². The fourth-order valence-corrected chi connectivity index (χ4v) is 3.62. The molecule has 1 aliphatic rings. The van der Waals surface area contributed by atoms with Crippen molar-refractivity contribution in [1.82, 2.24) is 0 Å². The number of Topliss-reactive ketones (excluding diaryl/α,β-unsaturated/α-hetero) is 1. The lowest BCUT2D eigenvalue weighted by atomic mass is 10.2. The van der Waals surface area contributed by atoms with Crippen LogP contribution in [0.5, 0.6) is 0 Å². The summed E-state index contributed by atoms with van der Waals surface area (Å²) in [5.41, 5.74) is -2.30. The van der Waals surface area contributed by atoms with Crippen LogP contribution in [0.15, 0.2) is 9.81 Å². The van der Waals surface area contributed by atoms with Gasteiger partial charge in [-0.1, -0.05) is 23.5 Å². The SMILES string of the molecule is COC(C)OC(=O)C(C(C)=O)=C1SC(O)C(O)S1. The van der Waals surface area contributed by atoms with E-state index in [0.29, 0.717) is 0 Å². The number of carbonyl (C=O) groups excluding carboxylic acids is 2. The molecule has 0 bridgehead atoms. The van der Waals surface area contributed by atoms with Gasteiger partial charge < -0.3 is 19.7 Å². The predicted molar refractivity (Wildman–Crippen MR) is 67.5 cm³/mol. The lowest BCUT2D eigenvalue weighted by Gasteiger charge is -2.12. The molecular weight excluding hydrogens is 280 g/mol. The molecule has 6 nitrogen and oxygen atoms in total. The number of hydrogen-bond acceptors (Lipinski definition) is 8. The smallest absolute Gasteiger partial charge is 0.345 e. The Morgan fingerprint density at radius 1 is 1.28 bits per heavy atom. The molecule has 0 spiro atoms. The summed E-state index contributed by atoms with van der Waals surface area (Å²) in [5.74, 6) is -1.31. The maximum absolute atomic E-state index is 11.8. The zero-order valence-electron chi connectivity index (χ0n) is 10.1. The van der Waals surface area contributed by atoms with Crippen LogP contribution in [-0.4, -0.2) is 46.2 Å². The Balaban J connectivity index is 2.93. The van der Waals surface area contributed by atoms with Gasteiger partial charge in [0.05, 0.1) is 4.24 Å². The van der Waals surface area contributed by atoms with Crippen molar-refractivity contribution in [2.75, 3.05) is 7.11 Å². The monoisotopic (exact) mass is 294 g/mol. The van der Waals surface area contributed by atoms with Gasteiger partial charge in [0.2, 0.25) is 0 Å². The molecule has 0 aromatic carbocycles. The molecule has 0 amide bonds. The van der Waals surface area contributed by atoms with E-state index in [-0.39, 0.29) is 9.81 Å². The van der Waals surface area contributed by atoms with Gasteiger partial charge in [-0.25, -0.2) is 4.79 Å². The third kappa shape index (κ3) is 3.72. The van der Waals surface area contributed by atoms with Gasteiger partial charge in [0, 0.05) is 7.11 Å². The number of ketones is 1. The molecule has 0 radical (unpaired) electrons. The van der Waals surface area contributed by atoms with Crippen LogP contribution in [0, 0.1) is 0 Å². The Hall–Kier alpha value is -0.540. The van der Waals surface area contributed by atoms with E-state index < -0.39 is 28.9 Å². The summed E-state index contributed by atoms with van der Waals surface area (Å²) in [6.07, 6.45) is -0.779. The highest BCUT2D eigenvalue weighted by Gasteiger charge is 2.35. The normalized spacial score (nSPS) is 24.8. The Labute approximate surface area is 113 Å². The van der Waals surface area contributed by atoms with Crippen molar-refractivity contribution in [3.63, 3.8) is 0 Å². The molecule has 0 aromatic rings. The molecule has 102 valence electrons. The summed E-state index contributed by atoms with van der Waals surface area (Å²) < 4.78 is 9.90. The Kier molecular flexibility index (Phi) is 5.67. The molecule has 2 N–H and O–H groups in total. The second-order valence-electron chi connectivity index (χ2n) is 3.44. The van der Waals surface area contributed by atoms with Crippen molar-refractivity contribution in [2.45, 2.75) is 31.0 Å². The summed E-state index contributed by atoms with van der Waals surface area (Å²) in [6.45, 7) is 2.73. The van der Waals surface area contributed by atoms with Crippen molar-refractivity contribution in [2.24, 2.45) is 0 Å². The molecule has 3 atom stereocenters. The summed E-state index contributed by atoms with van der Waals surface area (Å²) in [6, 6.07) is 0. The number of thioether (sulfide) groups is 2. The number of carbonyl (C=O) groups is 2. The maximum Gasteiger partial charge on any atom is 0.345 e. The van der Waals surface area contributed by atoms with Crippen LogP contribution in [-0.2, 0) is 19.1 Å². The van der Waals surface area contributed by atoms with E-state index in [1.165, 1.54) is 21.0 Å². The predicted octanol–water partition coefficient (Wildman–Crippen LogP) is 0.439. The second-order valence-corrected chi connectivity index (χ2v) is 5.96. The molecule has 0 saturated carbocycles. The van der Waals surface area contributed by atoms with Crippen LogP contribution in [0.4, 0.5) is 0 Å². The highest BCUT2D eigenvalue weighted by Crippen LogP contribution is 2.46. The van der Waals surface area contributed by atoms with Gasteiger partial charge in [-0.05, 0) is 13.8 Å². The van der Waals surface area contributed by atoms with E-state index in [9.17, 15) is 19.8 Å². The molecule has 1 heterocycles. The quantitative estimate of drug-likeness (QED) is 0.254. The average Bonchev–Trinajstić information content (AvgIpc) is 2.57. The standard InChI is InChI=1S/C10H14O6S2/c1-4(11)6(7(12)16-5(2)15-3)10-17-8(13)9(14)18-10/h5,8-9,13-14H,1-3H3. The van der Waals surface area contributed by atoms with Gasteiger partial charge in [-0.3, -0.25) is 4.79 Å². The molecule has 0 aromatic heterocycles. The molecule has 18 heavy (non-hydrogen) atoms. The van der Waals surface area contributed by atoms with E-state index in [4.69, 9.17) is 9.47 Å². The van der Waals surface area contributed by atoms with Crippen LogP contribution in [0.3, 0.4) is 0 Å². The number of rotatable bonds is 4. The lowest BCUT2D eigenvalue weighted by molar-refractivity contribution is -0.165. The average molecular weight is 294 g/mol. The van der Waals surface area contributed by atoms with Gasteiger partial charge in [-0.2, -0.15) is 0 Å². The third-order valence-corrected chi connectivity index (χ3v) is 4.65. The largest absolute Gasteiger partial charge is 0.432 e. The Morgan fingerprint density at radius 2 is 1.78 bits per heavy atom. The molecule has 1 fully saturated rings. The van der Waals surface area contributed by atoms with Crippen molar-refractivity contribution in [3.05, 3.63) is 9.81 Å². The van der Waals surface area contributed by atoms with E-state index >= 15 is 0 Å². The van der Waals surface area contributed by atoms with Gasteiger partial charge in [0.25, 0.3) is 0 Å². The first kappa shape index (κ1) is 15.5. The first-order chi connectivity index (χ1) is 8.36. The highest BCUT2D eigenvalue weighted by atomic mass is 32.2. The van der Waals surface area contributed by atoms with Crippen LogP contribution >= 0.6 is 23.5 Å². The molecule has 8 heteroatoms. The van der Waals surface area contributed by atoms with Crippen LogP contribution in [0.1, 0.15) is 13.8 Å². The molecule has 1 aliphatic heterocycles. The zero-order chi connectivity index (χ0) is 13.9. The topological polar surface area (TPSA) is 93.1 Å². The van der Waals surface area contributed by atoms with Crippen LogP contribution in [0.2, 0.25) is 0 Å². The van der Waals surface area contributed by atoms with Crippen LogP contribution in [0.25, 0.3) is 0 Å². The van der Waals surface area contributed by atoms with E-state index in [1.807, 2.05) is 0 Å². The van der Waals surface area contributed by atoms with E-state index in [0.717, 1.165) is 23.5 Å². The number of aliphatic hydroxyl groups excluding tert-OH is 2. The minimum Gasteiger partial charge on any atom is -0.432 e. The summed E-state index contributed by atoms with van der Waals surface area (Å²) in [4.78, 5) is 23.2. The van der Waals surface area contributed by atoms with E-state index in [2.05, 4.69) is 0 Å². The number of hydrogen-bond donors (Lipinski definition) is 2. The van der Waals surface area contributed by atoms with Crippen molar-refractivity contribution < 1.29 is 29.3 Å². The Morgan fingerprint density at radius 3 is 2.17 bits per heavy atom. The van der Waals surface area contributed by atoms with Gasteiger partial charge in [-0.15, -0.1) is 0 Å². The summed E-state index contributed by atoms with van der Waals surface area (Å²) in [7, 11) is 1.37. The van der Waals surface area contributed by atoms with Crippen LogP contribution < -0.4 is 0 Å². The fraction of sp³-hybridized carbons (Fsp3) is 0.600. The lowest BCUT2D eigenvalue weighted by Crippen LogP contribution is -2.21. The van der Waals surface area contributed by atoms with Crippen molar-refractivity contribution in [1.29, 1.82) is 0 Å². The maximum atomic E-state index is 11.8. The number of aliphatic hydroxyl groups is 2. The van der Waals surface area contributed by atoms with Gasteiger partial charge >= 0.3 is 5.97 Å². The molecule has 0 aliphatic carbocycles. The number of esters is 1. The zero-order valence-corrected chi connectivity index (χ0v) is 11.7. The van der Waals surface area contributed by atoms with Gasteiger partial charge in [0.1, 0.15) is 16.4 Å². The third-order valence-electron chi connectivity index (χ3n) is 2.06. The van der Waals surface area contributed by atoms with Crippen molar-refractivity contribution >= 4 is 35.3 Å². The molecule has 1 rings (SSSR count). The minimum absolute atomic E-state index is 0.176. The van der Waals surface area contributed by atoms with Gasteiger partial charge in [0.15, 0.2) is 12.1 Å². The molecular formula is C10H14O6S2.